The summed E-state index contributed by atoms with van der Waals surface area (Å²) in [4.78, 5) is 6.86. The fraction of sp³-hybridized carbons (Fsp3) is 0.600. The maximum Gasteiger partial charge on any atom is 0.174 e. The highest BCUT2D eigenvalue weighted by molar-refractivity contribution is 6.03. The first kappa shape index (κ1) is 14.6. The summed E-state index contributed by atoms with van der Waals surface area (Å²) in [5, 5.41) is 12.2. The lowest BCUT2D eigenvalue weighted by Gasteiger charge is -2.32. The molecule has 3 N–H and O–H groups in total. The monoisotopic (exact) mass is 276 g/mol. The molecule has 1 fully saturated rings. The zero-order valence-electron chi connectivity index (χ0n) is 12.7. The summed E-state index contributed by atoms with van der Waals surface area (Å²) in [7, 11) is 0. The quantitative estimate of drug-likeness (QED) is 0.385. The number of amidine groups is 1. The summed E-state index contributed by atoms with van der Waals surface area (Å²) < 4.78 is 0. The number of pyridine rings is 1. The van der Waals surface area contributed by atoms with Gasteiger partial charge in [-0.3, -0.25) is 4.98 Å². The molecule has 2 heterocycles. The van der Waals surface area contributed by atoms with Gasteiger partial charge in [-0.2, -0.15) is 0 Å². The first-order valence-electron chi connectivity index (χ1n) is 7.24. The number of oxime groups is 1. The molecule has 0 saturated carbocycles. The van der Waals surface area contributed by atoms with Gasteiger partial charge in [0, 0.05) is 17.8 Å². The van der Waals surface area contributed by atoms with Gasteiger partial charge < -0.3 is 15.8 Å². The number of nitrogens with two attached hydrogens (primary N) is 1. The number of hydrogen-bond acceptors (Lipinski definition) is 4. The number of rotatable bonds is 3. The van der Waals surface area contributed by atoms with Crippen LogP contribution >= 0.6 is 0 Å². The van der Waals surface area contributed by atoms with Crippen LogP contribution < -0.4 is 10.6 Å². The van der Waals surface area contributed by atoms with Crippen molar-refractivity contribution in [3.05, 3.63) is 23.0 Å². The van der Waals surface area contributed by atoms with Gasteiger partial charge in [0.1, 0.15) is 0 Å². The lowest BCUT2D eigenvalue weighted by Crippen LogP contribution is -2.36. The van der Waals surface area contributed by atoms with Crippen molar-refractivity contribution in [3.63, 3.8) is 0 Å². The molecular formula is C15H24N4O. The van der Waals surface area contributed by atoms with Crippen LogP contribution in [0, 0.1) is 13.8 Å². The molecule has 0 amide bonds. The van der Waals surface area contributed by atoms with E-state index in [0.29, 0.717) is 12.1 Å². The van der Waals surface area contributed by atoms with Gasteiger partial charge in [0.2, 0.25) is 0 Å². The predicted octanol–water partition coefficient (Wildman–Crippen LogP) is 2.56. The predicted molar refractivity (Wildman–Crippen MR) is 81.5 cm³/mol. The van der Waals surface area contributed by atoms with E-state index in [1.165, 1.54) is 12.8 Å². The van der Waals surface area contributed by atoms with Crippen LogP contribution in [0.5, 0.6) is 0 Å². The Morgan fingerprint density at radius 2 is 2.20 bits per heavy atom. The Kier molecular flexibility index (Phi) is 4.16. The lowest BCUT2D eigenvalue weighted by atomic mass is 10.1. The van der Waals surface area contributed by atoms with Gasteiger partial charge in [-0.25, -0.2) is 0 Å². The van der Waals surface area contributed by atoms with Gasteiger partial charge in [-0.05, 0) is 46.1 Å². The standard InChI is InChI=1S/C15H24N4O/c1-5-12-7-6-10(3)19(12)13-8-9(2)17-11(4)14(13)15(16)18-20/h8,10,12,20H,5-7H2,1-4H3,(H2,16,18). The fourth-order valence-corrected chi connectivity index (χ4v) is 3.28. The third-order valence-electron chi connectivity index (χ3n) is 4.21. The SMILES string of the molecule is CCC1CCC(C)N1c1cc(C)nc(C)c1/C(N)=N/O. The summed E-state index contributed by atoms with van der Waals surface area (Å²) in [5.74, 6) is 0.138. The highest BCUT2D eigenvalue weighted by atomic mass is 16.4. The Morgan fingerprint density at radius 3 is 2.80 bits per heavy atom. The largest absolute Gasteiger partial charge is 0.409 e. The minimum atomic E-state index is 0.138. The highest BCUT2D eigenvalue weighted by Gasteiger charge is 2.32. The van der Waals surface area contributed by atoms with E-state index in [-0.39, 0.29) is 5.84 Å². The molecule has 0 radical (unpaired) electrons. The van der Waals surface area contributed by atoms with E-state index in [9.17, 15) is 0 Å². The molecule has 5 heteroatoms. The molecule has 110 valence electrons. The molecule has 1 aliphatic heterocycles. The topological polar surface area (TPSA) is 74.7 Å². The van der Waals surface area contributed by atoms with Crippen LogP contribution in [0.2, 0.25) is 0 Å². The van der Waals surface area contributed by atoms with E-state index in [1.807, 2.05) is 19.9 Å². The van der Waals surface area contributed by atoms with Crippen LogP contribution in [0.25, 0.3) is 0 Å². The van der Waals surface area contributed by atoms with Crippen LogP contribution in [-0.2, 0) is 0 Å². The van der Waals surface area contributed by atoms with Crippen molar-refractivity contribution in [1.82, 2.24) is 4.98 Å². The molecule has 0 spiro atoms. The second kappa shape index (κ2) is 5.69. The van der Waals surface area contributed by atoms with E-state index in [2.05, 4.69) is 28.9 Å². The Morgan fingerprint density at radius 1 is 1.50 bits per heavy atom. The van der Waals surface area contributed by atoms with Crippen molar-refractivity contribution < 1.29 is 5.21 Å². The first-order valence-corrected chi connectivity index (χ1v) is 7.24. The van der Waals surface area contributed by atoms with Crippen molar-refractivity contribution in [2.24, 2.45) is 10.9 Å². The number of nitrogens with zero attached hydrogens (tertiary/aromatic N) is 3. The average molecular weight is 276 g/mol. The molecule has 2 atom stereocenters. The third kappa shape index (κ3) is 2.44. The summed E-state index contributed by atoms with van der Waals surface area (Å²) >= 11 is 0. The van der Waals surface area contributed by atoms with Gasteiger partial charge in [0.05, 0.1) is 16.9 Å². The van der Waals surface area contributed by atoms with Crippen LogP contribution in [0.3, 0.4) is 0 Å². The van der Waals surface area contributed by atoms with Crippen LogP contribution in [0.1, 0.15) is 50.1 Å². The number of aromatic nitrogens is 1. The fourth-order valence-electron chi connectivity index (χ4n) is 3.28. The first-order chi connectivity index (χ1) is 9.49. The van der Waals surface area contributed by atoms with Gasteiger partial charge in [-0.15, -0.1) is 0 Å². The van der Waals surface area contributed by atoms with Crippen molar-refractivity contribution in [2.75, 3.05) is 4.90 Å². The Bertz CT molecular complexity index is 527. The summed E-state index contributed by atoms with van der Waals surface area (Å²) in [6, 6.07) is 3.02. The van der Waals surface area contributed by atoms with Gasteiger partial charge in [0.15, 0.2) is 5.84 Å². The number of aryl methyl sites for hydroxylation is 2. The molecule has 0 aliphatic carbocycles. The van der Waals surface area contributed by atoms with E-state index in [1.54, 1.807) is 0 Å². The van der Waals surface area contributed by atoms with Gasteiger partial charge >= 0.3 is 0 Å². The minimum Gasteiger partial charge on any atom is -0.409 e. The second-order valence-corrected chi connectivity index (χ2v) is 5.62. The van der Waals surface area contributed by atoms with Crippen molar-refractivity contribution in [1.29, 1.82) is 0 Å². The number of hydrogen-bond donors (Lipinski definition) is 2. The molecule has 0 aromatic carbocycles. The molecule has 2 rings (SSSR count). The summed E-state index contributed by atoms with van der Waals surface area (Å²) in [6.45, 7) is 8.33. The van der Waals surface area contributed by atoms with E-state index in [0.717, 1.165) is 29.1 Å². The molecule has 5 nitrogen and oxygen atoms in total. The molecule has 20 heavy (non-hydrogen) atoms. The van der Waals surface area contributed by atoms with Crippen molar-refractivity contribution in [2.45, 2.75) is 59.0 Å². The minimum absolute atomic E-state index is 0.138. The zero-order valence-corrected chi connectivity index (χ0v) is 12.7. The summed E-state index contributed by atoms with van der Waals surface area (Å²) in [5.41, 5.74) is 9.45. The van der Waals surface area contributed by atoms with Gasteiger partial charge in [-0.1, -0.05) is 12.1 Å². The lowest BCUT2D eigenvalue weighted by molar-refractivity contribution is 0.318. The highest BCUT2D eigenvalue weighted by Crippen LogP contribution is 2.35. The average Bonchev–Trinajstić information content (AvgIpc) is 2.78. The van der Waals surface area contributed by atoms with E-state index in [4.69, 9.17) is 10.9 Å². The van der Waals surface area contributed by atoms with Crippen molar-refractivity contribution in [3.8, 4) is 0 Å². The molecule has 0 bridgehead atoms. The van der Waals surface area contributed by atoms with E-state index >= 15 is 0 Å². The van der Waals surface area contributed by atoms with E-state index < -0.39 is 0 Å². The van der Waals surface area contributed by atoms with Gasteiger partial charge in [0.25, 0.3) is 0 Å². The van der Waals surface area contributed by atoms with Crippen LogP contribution in [0.15, 0.2) is 11.2 Å². The normalized spacial score (nSPS) is 23.4. The molecule has 1 aliphatic rings. The molecule has 1 aromatic heterocycles. The van der Waals surface area contributed by atoms with Crippen LogP contribution in [-0.4, -0.2) is 28.1 Å². The van der Waals surface area contributed by atoms with Crippen LogP contribution in [0.4, 0.5) is 5.69 Å². The maximum absolute atomic E-state index is 9.05. The smallest absolute Gasteiger partial charge is 0.174 e. The number of anilines is 1. The Labute approximate surface area is 120 Å². The second-order valence-electron chi connectivity index (χ2n) is 5.62. The molecule has 1 aromatic rings. The van der Waals surface area contributed by atoms with Crippen molar-refractivity contribution >= 4 is 11.5 Å². The summed E-state index contributed by atoms with van der Waals surface area (Å²) in [6.07, 6.45) is 3.46. The molecule has 1 saturated heterocycles. The third-order valence-corrected chi connectivity index (χ3v) is 4.21. The Hall–Kier alpha value is -1.78. The molecular weight excluding hydrogens is 252 g/mol. The maximum atomic E-state index is 9.05. The Balaban J connectivity index is 2.60. The molecule has 2 unspecified atom stereocenters. The zero-order chi connectivity index (χ0) is 14.9.